The van der Waals surface area contributed by atoms with Crippen molar-refractivity contribution in [1.29, 1.82) is 0 Å². The normalized spacial score (nSPS) is 14.3. The van der Waals surface area contributed by atoms with Crippen molar-refractivity contribution < 1.29 is 8.60 Å². The first-order chi connectivity index (χ1) is 9.17. The van der Waals surface area contributed by atoms with Gasteiger partial charge in [-0.15, -0.1) is 0 Å². The van der Waals surface area contributed by atoms with Crippen molar-refractivity contribution >= 4 is 10.8 Å². The summed E-state index contributed by atoms with van der Waals surface area (Å²) in [6.07, 6.45) is 3.30. The second kappa shape index (κ2) is 9.21. The van der Waals surface area contributed by atoms with E-state index in [1.165, 1.54) is 12.1 Å². The molecule has 108 valence electrons. The zero-order chi connectivity index (χ0) is 14.1. The number of benzene rings is 1. The van der Waals surface area contributed by atoms with Crippen molar-refractivity contribution in [3.05, 3.63) is 35.6 Å². The summed E-state index contributed by atoms with van der Waals surface area (Å²) in [7, 11) is -0.732. The summed E-state index contributed by atoms with van der Waals surface area (Å²) < 4.78 is 24.4. The van der Waals surface area contributed by atoms with Crippen LogP contribution >= 0.6 is 0 Å². The van der Waals surface area contributed by atoms with Crippen molar-refractivity contribution in [2.45, 2.75) is 39.2 Å². The SMILES string of the molecule is CCCCC(NCCS(=O)CC)c1ccc(F)cc1. The number of nitrogens with one attached hydrogen (secondary N) is 1. The van der Waals surface area contributed by atoms with Crippen LogP contribution in [0.5, 0.6) is 0 Å². The van der Waals surface area contributed by atoms with E-state index >= 15 is 0 Å². The van der Waals surface area contributed by atoms with Crippen molar-refractivity contribution in [3.63, 3.8) is 0 Å². The molecule has 0 aliphatic heterocycles. The Labute approximate surface area is 118 Å². The van der Waals surface area contributed by atoms with Gasteiger partial charge < -0.3 is 5.32 Å². The van der Waals surface area contributed by atoms with E-state index in [4.69, 9.17) is 0 Å². The molecule has 1 rings (SSSR count). The van der Waals surface area contributed by atoms with Crippen LogP contribution in [0.4, 0.5) is 4.39 Å². The number of hydrogen-bond acceptors (Lipinski definition) is 2. The van der Waals surface area contributed by atoms with Crippen molar-refractivity contribution in [2.75, 3.05) is 18.1 Å². The monoisotopic (exact) mass is 285 g/mol. The number of rotatable bonds is 9. The van der Waals surface area contributed by atoms with Gasteiger partial charge >= 0.3 is 0 Å². The molecular formula is C15H24FNOS. The minimum atomic E-state index is -0.732. The fourth-order valence-corrected chi connectivity index (χ4v) is 2.62. The van der Waals surface area contributed by atoms with Crippen molar-refractivity contribution in [2.24, 2.45) is 0 Å². The highest BCUT2D eigenvalue weighted by molar-refractivity contribution is 7.84. The van der Waals surface area contributed by atoms with Crippen LogP contribution in [0.3, 0.4) is 0 Å². The zero-order valence-corrected chi connectivity index (χ0v) is 12.6. The molecule has 0 aromatic heterocycles. The van der Waals surface area contributed by atoms with Gasteiger partial charge in [0.2, 0.25) is 0 Å². The van der Waals surface area contributed by atoms with Crippen LogP contribution in [-0.2, 0) is 10.8 Å². The third-order valence-electron chi connectivity index (χ3n) is 3.16. The van der Waals surface area contributed by atoms with E-state index in [0.717, 1.165) is 31.4 Å². The van der Waals surface area contributed by atoms with Gasteiger partial charge in [0.1, 0.15) is 5.82 Å². The lowest BCUT2D eigenvalue weighted by atomic mass is 10.0. The molecule has 0 spiro atoms. The molecule has 0 radical (unpaired) electrons. The maximum absolute atomic E-state index is 12.9. The van der Waals surface area contributed by atoms with Crippen LogP contribution in [0, 0.1) is 5.82 Å². The molecule has 2 unspecified atom stereocenters. The molecule has 4 heteroatoms. The van der Waals surface area contributed by atoms with E-state index in [-0.39, 0.29) is 11.9 Å². The summed E-state index contributed by atoms with van der Waals surface area (Å²) in [6, 6.07) is 6.90. The Hall–Kier alpha value is -0.740. The molecule has 1 N–H and O–H groups in total. The Kier molecular flexibility index (Phi) is 7.91. The largest absolute Gasteiger partial charge is 0.309 e. The Morgan fingerprint density at radius 1 is 1.26 bits per heavy atom. The molecule has 0 fully saturated rings. The maximum Gasteiger partial charge on any atom is 0.123 e. The van der Waals surface area contributed by atoms with Gasteiger partial charge in [-0.25, -0.2) is 4.39 Å². The Morgan fingerprint density at radius 3 is 2.53 bits per heavy atom. The van der Waals surface area contributed by atoms with Gasteiger partial charge in [0.05, 0.1) is 0 Å². The standard InChI is InChI=1S/C15H24FNOS/c1-3-5-6-15(17-11-12-19(18)4-2)13-7-9-14(16)10-8-13/h7-10,15,17H,3-6,11-12H2,1-2H3. The fourth-order valence-electron chi connectivity index (χ4n) is 1.98. The molecule has 0 aliphatic rings. The van der Waals surface area contributed by atoms with Crippen LogP contribution in [0.2, 0.25) is 0 Å². The van der Waals surface area contributed by atoms with Crippen LogP contribution in [0.15, 0.2) is 24.3 Å². The van der Waals surface area contributed by atoms with Gasteiger partial charge in [-0.05, 0) is 24.1 Å². The van der Waals surface area contributed by atoms with E-state index in [1.54, 1.807) is 0 Å². The van der Waals surface area contributed by atoms with Gasteiger partial charge in [-0.2, -0.15) is 0 Å². The minimum Gasteiger partial charge on any atom is -0.309 e. The topological polar surface area (TPSA) is 29.1 Å². The lowest BCUT2D eigenvalue weighted by molar-refractivity contribution is 0.494. The highest BCUT2D eigenvalue weighted by Gasteiger charge is 2.10. The second-order valence-electron chi connectivity index (χ2n) is 4.63. The molecule has 0 saturated carbocycles. The third-order valence-corrected chi connectivity index (χ3v) is 4.46. The summed E-state index contributed by atoms with van der Waals surface area (Å²) in [5.41, 5.74) is 1.11. The minimum absolute atomic E-state index is 0.204. The fraction of sp³-hybridized carbons (Fsp3) is 0.600. The van der Waals surface area contributed by atoms with Crippen molar-refractivity contribution in [3.8, 4) is 0 Å². The molecule has 0 heterocycles. The first-order valence-electron chi connectivity index (χ1n) is 7.01. The molecule has 19 heavy (non-hydrogen) atoms. The summed E-state index contributed by atoms with van der Waals surface area (Å²) in [4.78, 5) is 0. The molecule has 0 bridgehead atoms. The zero-order valence-electron chi connectivity index (χ0n) is 11.8. The second-order valence-corrected chi connectivity index (χ2v) is 6.50. The van der Waals surface area contributed by atoms with E-state index < -0.39 is 10.8 Å². The predicted octanol–water partition coefficient (Wildman–Crippen LogP) is 3.42. The van der Waals surface area contributed by atoms with Gasteiger partial charge in [0.25, 0.3) is 0 Å². The molecular weight excluding hydrogens is 261 g/mol. The molecule has 1 aromatic carbocycles. The molecule has 2 nitrogen and oxygen atoms in total. The quantitative estimate of drug-likeness (QED) is 0.753. The van der Waals surface area contributed by atoms with Gasteiger partial charge in [-0.1, -0.05) is 38.8 Å². The van der Waals surface area contributed by atoms with Crippen LogP contribution in [-0.4, -0.2) is 22.3 Å². The van der Waals surface area contributed by atoms with Gasteiger partial charge in [0.15, 0.2) is 0 Å². The third kappa shape index (κ3) is 6.30. The highest BCUT2D eigenvalue weighted by Crippen LogP contribution is 2.19. The molecule has 0 aliphatic carbocycles. The summed E-state index contributed by atoms with van der Waals surface area (Å²) in [5, 5.41) is 3.44. The first-order valence-corrected chi connectivity index (χ1v) is 8.50. The van der Waals surface area contributed by atoms with E-state index in [9.17, 15) is 8.60 Å². The average Bonchev–Trinajstić information content (AvgIpc) is 2.43. The Morgan fingerprint density at radius 2 is 1.95 bits per heavy atom. The molecule has 0 saturated heterocycles. The predicted molar refractivity (Wildman–Crippen MR) is 80.2 cm³/mol. The van der Waals surface area contributed by atoms with Gasteiger partial charge in [-0.3, -0.25) is 4.21 Å². The van der Waals surface area contributed by atoms with E-state index in [2.05, 4.69) is 12.2 Å². The summed E-state index contributed by atoms with van der Waals surface area (Å²) in [5.74, 6) is 1.18. The Bertz CT molecular complexity index is 380. The van der Waals surface area contributed by atoms with Crippen LogP contribution in [0.25, 0.3) is 0 Å². The van der Waals surface area contributed by atoms with Crippen LogP contribution in [0.1, 0.15) is 44.7 Å². The van der Waals surface area contributed by atoms with Gasteiger partial charge in [0, 0.05) is 34.9 Å². The Balaban J connectivity index is 2.55. The van der Waals surface area contributed by atoms with Crippen molar-refractivity contribution in [1.82, 2.24) is 5.32 Å². The smallest absolute Gasteiger partial charge is 0.123 e. The van der Waals surface area contributed by atoms with Crippen LogP contribution < -0.4 is 5.32 Å². The molecule has 2 atom stereocenters. The molecule has 0 amide bonds. The average molecular weight is 285 g/mol. The summed E-state index contributed by atoms with van der Waals surface area (Å²) >= 11 is 0. The number of unbranched alkanes of at least 4 members (excludes halogenated alkanes) is 1. The van der Waals surface area contributed by atoms with E-state index in [0.29, 0.717) is 11.5 Å². The first kappa shape index (κ1) is 16.3. The summed E-state index contributed by atoms with van der Waals surface area (Å²) in [6.45, 7) is 4.84. The lowest BCUT2D eigenvalue weighted by Crippen LogP contribution is -2.26. The lowest BCUT2D eigenvalue weighted by Gasteiger charge is -2.19. The number of halogens is 1. The number of hydrogen-bond donors (Lipinski definition) is 1. The maximum atomic E-state index is 12.9. The molecule has 1 aromatic rings. The van der Waals surface area contributed by atoms with E-state index in [1.807, 2.05) is 19.1 Å². The highest BCUT2D eigenvalue weighted by atomic mass is 32.2.